The van der Waals surface area contributed by atoms with Gasteiger partial charge in [0.1, 0.15) is 12.2 Å². The van der Waals surface area contributed by atoms with E-state index in [2.05, 4.69) is 10.3 Å². The number of anilines is 1. The Bertz CT molecular complexity index is 1320. The summed E-state index contributed by atoms with van der Waals surface area (Å²) >= 11 is 0. The molecule has 2 heterocycles. The molecule has 0 aliphatic carbocycles. The van der Waals surface area contributed by atoms with Crippen molar-refractivity contribution in [1.82, 2.24) is 19.0 Å². The van der Waals surface area contributed by atoms with Gasteiger partial charge in [-0.2, -0.15) is 0 Å². The molecule has 0 unspecified atom stereocenters. The molecular weight excluding hydrogens is 410 g/mol. The first kappa shape index (κ1) is 22.9. The van der Waals surface area contributed by atoms with E-state index in [-0.39, 0.29) is 22.5 Å². The summed E-state index contributed by atoms with van der Waals surface area (Å²) in [6, 6.07) is 8.74. The predicted octanol–water partition coefficient (Wildman–Crippen LogP) is 1.83. The second-order valence-corrected chi connectivity index (χ2v) is 7.64. The van der Waals surface area contributed by atoms with Crippen LogP contribution < -0.4 is 16.6 Å². The van der Waals surface area contributed by atoms with Gasteiger partial charge in [-0.1, -0.05) is 12.1 Å². The smallest absolute Gasteiger partial charge is 0.332 e. The predicted molar refractivity (Wildman–Crippen MR) is 123 cm³/mol. The topological polar surface area (TPSA) is 106 Å². The normalized spacial score (nSPS) is 10.9. The van der Waals surface area contributed by atoms with Crippen molar-refractivity contribution >= 4 is 28.5 Å². The number of carbonyl (C=O) groups is 2. The number of fused-ring (bicyclic) bond motifs is 1. The number of aromatic nitrogens is 3. The molecule has 0 spiro atoms. The molecule has 3 rings (SSSR count). The lowest BCUT2D eigenvalue weighted by Crippen LogP contribution is -2.43. The third kappa shape index (κ3) is 4.32. The molecule has 32 heavy (non-hydrogen) atoms. The van der Waals surface area contributed by atoms with Crippen molar-refractivity contribution in [2.75, 3.05) is 18.4 Å². The standard InChI is InChI=1S/C23H27N5O4/c1-6-27(7-2)21(30)17-12-15(4)24-20-19(17)22(31)28(23(32)26(20)5)13-18(29)25-16-10-8-9-14(3)11-16/h8-12H,6-7,13H2,1-5H3,(H,25,29). The molecular formula is C23H27N5O4. The average molecular weight is 438 g/mol. The minimum Gasteiger partial charge on any atom is -0.339 e. The van der Waals surface area contributed by atoms with Crippen molar-refractivity contribution in [2.24, 2.45) is 7.05 Å². The van der Waals surface area contributed by atoms with Crippen molar-refractivity contribution in [2.45, 2.75) is 34.2 Å². The Morgan fingerprint density at radius 1 is 1.09 bits per heavy atom. The summed E-state index contributed by atoms with van der Waals surface area (Å²) in [6.45, 7) is 7.74. The molecule has 3 aromatic rings. The fourth-order valence-electron chi connectivity index (χ4n) is 3.66. The molecule has 1 aromatic carbocycles. The van der Waals surface area contributed by atoms with Crippen LogP contribution in [-0.4, -0.2) is 43.9 Å². The lowest BCUT2D eigenvalue weighted by Gasteiger charge is -2.20. The number of hydrogen-bond acceptors (Lipinski definition) is 5. The Balaban J connectivity index is 2.14. The van der Waals surface area contributed by atoms with E-state index in [1.807, 2.05) is 26.8 Å². The second-order valence-electron chi connectivity index (χ2n) is 7.64. The number of hydrogen-bond donors (Lipinski definition) is 1. The summed E-state index contributed by atoms with van der Waals surface area (Å²) in [4.78, 5) is 57.9. The van der Waals surface area contributed by atoms with Crippen molar-refractivity contribution in [1.29, 1.82) is 0 Å². The van der Waals surface area contributed by atoms with Crippen LogP contribution in [0, 0.1) is 13.8 Å². The molecule has 0 saturated heterocycles. The minimum absolute atomic E-state index is 0.0259. The van der Waals surface area contributed by atoms with Gasteiger partial charge in [-0.15, -0.1) is 0 Å². The third-order valence-corrected chi connectivity index (χ3v) is 5.31. The zero-order valence-corrected chi connectivity index (χ0v) is 18.9. The van der Waals surface area contributed by atoms with Gasteiger partial charge in [-0.3, -0.25) is 23.5 Å². The zero-order chi connectivity index (χ0) is 23.6. The molecule has 2 aromatic heterocycles. The van der Waals surface area contributed by atoms with Crippen LogP contribution in [0.25, 0.3) is 11.0 Å². The fraction of sp³-hybridized carbons (Fsp3) is 0.348. The van der Waals surface area contributed by atoms with E-state index in [1.165, 1.54) is 11.6 Å². The highest BCUT2D eigenvalue weighted by molar-refractivity contribution is 6.05. The number of benzene rings is 1. The molecule has 0 atom stereocenters. The van der Waals surface area contributed by atoms with Crippen molar-refractivity contribution in [3.8, 4) is 0 Å². The van der Waals surface area contributed by atoms with E-state index in [9.17, 15) is 19.2 Å². The summed E-state index contributed by atoms with van der Waals surface area (Å²) in [6.07, 6.45) is 0. The summed E-state index contributed by atoms with van der Waals surface area (Å²) in [7, 11) is 1.47. The molecule has 0 aliphatic rings. The molecule has 9 heteroatoms. The third-order valence-electron chi connectivity index (χ3n) is 5.31. The van der Waals surface area contributed by atoms with Crippen molar-refractivity contribution < 1.29 is 9.59 Å². The van der Waals surface area contributed by atoms with Crippen LogP contribution >= 0.6 is 0 Å². The summed E-state index contributed by atoms with van der Waals surface area (Å²) in [5, 5.41) is 2.72. The van der Waals surface area contributed by atoms with Crippen LogP contribution in [0.5, 0.6) is 0 Å². The number of carbonyl (C=O) groups excluding carboxylic acids is 2. The largest absolute Gasteiger partial charge is 0.339 e. The Kier molecular flexibility index (Phi) is 6.57. The van der Waals surface area contributed by atoms with Gasteiger partial charge in [0, 0.05) is 31.5 Å². The average Bonchev–Trinajstić information content (AvgIpc) is 2.75. The van der Waals surface area contributed by atoms with Gasteiger partial charge in [0.05, 0.1) is 10.9 Å². The zero-order valence-electron chi connectivity index (χ0n) is 18.9. The summed E-state index contributed by atoms with van der Waals surface area (Å²) in [5.41, 5.74) is 0.928. The molecule has 2 amide bonds. The van der Waals surface area contributed by atoms with Gasteiger partial charge in [0.25, 0.3) is 11.5 Å². The summed E-state index contributed by atoms with van der Waals surface area (Å²) in [5.74, 6) is -0.845. The number of pyridine rings is 1. The number of nitrogens with zero attached hydrogens (tertiary/aromatic N) is 4. The Hall–Kier alpha value is -3.75. The lowest BCUT2D eigenvalue weighted by atomic mass is 10.1. The first-order chi connectivity index (χ1) is 15.2. The molecule has 1 N–H and O–H groups in total. The number of nitrogens with one attached hydrogen (secondary N) is 1. The van der Waals surface area contributed by atoms with Crippen LogP contribution in [0.1, 0.15) is 35.5 Å². The first-order valence-corrected chi connectivity index (χ1v) is 10.4. The van der Waals surface area contributed by atoms with Gasteiger partial charge in [-0.05, 0) is 51.5 Å². The second kappa shape index (κ2) is 9.17. The minimum atomic E-state index is -0.717. The molecule has 9 nitrogen and oxygen atoms in total. The SMILES string of the molecule is CCN(CC)C(=O)c1cc(C)nc2c1c(=O)n(CC(=O)Nc1cccc(C)c1)c(=O)n2C. The first-order valence-electron chi connectivity index (χ1n) is 10.4. The maximum absolute atomic E-state index is 13.3. The molecule has 0 bridgehead atoms. The van der Waals surface area contributed by atoms with E-state index >= 15 is 0 Å². The van der Waals surface area contributed by atoms with E-state index < -0.39 is 23.7 Å². The highest BCUT2D eigenvalue weighted by atomic mass is 16.2. The van der Waals surface area contributed by atoms with Crippen molar-refractivity contribution in [3.63, 3.8) is 0 Å². The molecule has 0 radical (unpaired) electrons. The van der Waals surface area contributed by atoms with Crippen LogP contribution in [0.3, 0.4) is 0 Å². The Morgan fingerprint density at radius 3 is 2.41 bits per heavy atom. The molecule has 0 aliphatic heterocycles. The van der Waals surface area contributed by atoms with E-state index in [0.717, 1.165) is 10.1 Å². The van der Waals surface area contributed by atoms with Crippen LogP contribution in [0.15, 0.2) is 39.9 Å². The maximum Gasteiger partial charge on any atom is 0.332 e. The van der Waals surface area contributed by atoms with E-state index in [0.29, 0.717) is 24.5 Å². The molecule has 168 valence electrons. The van der Waals surface area contributed by atoms with Gasteiger partial charge in [0.2, 0.25) is 5.91 Å². The van der Waals surface area contributed by atoms with Crippen LogP contribution in [0.2, 0.25) is 0 Å². The Labute approximate surface area is 185 Å². The molecule has 0 fully saturated rings. The van der Waals surface area contributed by atoms with Crippen LogP contribution in [0.4, 0.5) is 5.69 Å². The monoisotopic (exact) mass is 437 g/mol. The van der Waals surface area contributed by atoms with Gasteiger partial charge in [-0.25, -0.2) is 9.78 Å². The quantitative estimate of drug-likeness (QED) is 0.633. The van der Waals surface area contributed by atoms with Gasteiger partial charge >= 0.3 is 5.69 Å². The van der Waals surface area contributed by atoms with Gasteiger partial charge in [0.15, 0.2) is 0 Å². The van der Waals surface area contributed by atoms with Crippen molar-refractivity contribution in [3.05, 3.63) is 68.0 Å². The van der Waals surface area contributed by atoms with Gasteiger partial charge < -0.3 is 10.2 Å². The fourth-order valence-corrected chi connectivity index (χ4v) is 3.66. The molecule has 0 saturated carbocycles. The number of aryl methyl sites for hydroxylation is 3. The van der Waals surface area contributed by atoms with E-state index in [4.69, 9.17) is 0 Å². The Morgan fingerprint density at radius 2 is 1.78 bits per heavy atom. The number of rotatable bonds is 6. The maximum atomic E-state index is 13.3. The summed E-state index contributed by atoms with van der Waals surface area (Å²) < 4.78 is 2.03. The number of amides is 2. The lowest BCUT2D eigenvalue weighted by molar-refractivity contribution is -0.116. The van der Waals surface area contributed by atoms with Crippen LogP contribution in [-0.2, 0) is 18.4 Å². The van der Waals surface area contributed by atoms with E-state index in [1.54, 1.807) is 36.1 Å². The highest BCUT2D eigenvalue weighted by Crippen LogP contribution is 2.16. The highest BCUT2D eigenvalue weighted by Gasteiger charge is 2.23.